The lowest BCUT2D eigenvalue weighted by Crippen LogP contribution is -2.38. The molecule has 2 heterocycles. The molecule has 230 valence electrons. The van der Waals surface area contributed by atoms with Crippen molar-refractivity contribution in [2.75, 3.05) is 52.6 Å². The first kappa shape index (κ1) is 32.3. The zero-order valence-electron chi connectivity index (χ0n) is 23.7. The molecule has 2 fully saturated rings. The van der Waals surface area contributed by atoms with Crippen LogP contribution in [0.3, 0.4) is 0 Å². The van der Waals surface area contributed by atoms with Crippen molar-refractivity contribution in [2.24, 2.45) is 0 Å². The van der Waals surface area contributed by atoms with E-state index < -0.39 is 12.6 Å². The number of carboxylic acids is 1. The molecule has 2 aliphatic rings. The topological polar surface area (TPSA) is 88.5 Å². The van der Waals surface area contributed by atoms with Gasteiger partial charge in [-0.3, -0.25) is 14.6 Å². The Morgan fingerprint density at radius 3 is 2.52 bits per heavy atom. The number of halogens is 2. The monoisotopic (exact) mass is 672 g/mol. The van der Waals surface area contributed by atoms with Gasteiger partial charge in [0.15, 0.2) is 6.61 Å². The Labute approximate surface area is 275 Å². The van der Waals surface area contributed by atoms with E-state index in [0.717, 1.165) is 55.1 Å². The van der Waals surface area contributed by atoms with E-state index in [1.54, 1.807) is 29.2 Å². The van der Waals surface area contributed by atoms with Crippen LogP contribution in [0.2, 0.25) is 10.0 Å². The molecule has 44 heavy (non-hydrogen) atoms. The second-order valence-corrected chi connectivity index (χ2v) is 12.6. The molecule has 12 heteroatoms. The van der Waals surface area contributed by atoms with Crippen LogP contribution >= 0.6 is 47.2 Å². The Kier molecular flexibility index (Phi) is 11.2. The highest BCUT2D eigenvalue weighted by Gasteiger charge is 2.32. The van der Waals surface area contributed by atoms with Gasteiger partial charge in [-0.2, -0.15) is 0 Å². The number of morpholine rings is 1. The molecule has 0 aliphatic carbocycles. The van der Waals surface area contributed by atoms with Gasteiger partial charge in [0.05, 0.1) is 18.1 Å². The molecule has 8 nitrogen and oxygen atoms in total. The molecular formula is C32H30Cl2N2O6S2. The predicted octanol–water partition coefficient (Wildman–Crippen LogP) is 6.28. The number of aliphatic carboxylic acids is 1. The summed E-state index contributed by atoms with van der Waals surface area (Å²) >= 11 is 19.5. The second-order valence-electron chi connectivity index (χ2n) is 10.1. The summed E-state index contributed by atoms with van der Waals surface area (Å²) in [5.41, 5.74) is 3.39. The minimum absolute atomic E-state index is 0.171. The van der Waals surface area contributed by atoms with Crippen LogP contribution < -0.4 is 9.47 Å². The smallest absolute Gasteiger partial charge is 0.341 e. The third kappa shape index (κ3) is 8.53. The molecule has 0 radical (unpaired) electrons. The van der Waals surface area contributed by atoms with Gasteiger partial charge in [0.1, 0.15) is 22.4 Å². The van der Waals surface area contributed by atoms with Gasteiger partial charge in [0.25, 0.3) is 5.91 Å². The molecule has 2 saturated heterocycles. The number of hydrogen-bond acceptors (Lipinski definition) is 8. The largest absolute Gasteiger partial charge is 0.492 e. The van der Waals surface area contributed by atoms with E-state index in [0.29, 0.717) is 50.3 Å². The van der Waals surface area contributed by atoms with Crippen molar-refractivity contribution in [2.45, 2.75) is 6.42 Å². The van der Waals surface area contributed by atoms with Crippen LogP contribution in [0.15, 0.2) is 65.6 Å². The number of benzene rings is 3. The fourth-order valence-corrected chi connectivity index (χ4v) is 6.58. The maximum absolute atomic E-state index is 13.5. The molecule has 3 aromatic rings. The van der Waals surface area contributed by atoms with Crippen molar-refractivity contribution < 1.29 is 28.9 Å². The van der Waals surface area contributed by atoms with E-state index in [4.69, 9.17) is 54.7 Å². The zero-order chi connectivity index (χ0) is 31.1. The molecule has 0 spiro atoms. The van der Waals surface area contributed by atoms with Crippen LogP contribution in [-0.2, 0) is 20.7 Å². The minimum Gasteiger partial charge on any atom is -0.492 e. The number of nitrogens with zero attached hydrogens (tertiary/aromatic N) is 2. The fourth-order valence-electron chi connectivity index (χ4n) is 4.77. The summed E-state index contributed by atoms with van der Waals surface area (Å²) in [5, 5.41) is 9.86. The van der Waals surface area contributed by atoms with Gasteiger partial charge in [-0.1, -0.05) is 71.4 Å². The number of thioether (sulfide) groups is 1. The Hall–Kier alpha value is -3.12. The van der Waals surface area contributed by atoms with Crippen molar-refractivity contribution in [3.63, 3.8) is 0 Å². The van der Waals surface area contributed by atoms with Crippen LogP contribution in [0.1, 0.15) is 11.1 Å². The van der Waals surface area contributed by atoms with Crippen LogP contribution in [0.4, 0.5) is 0 Å². The molecule has 0 aromatic heterocycles. The maximum Gasteiger partial charge on any atom is 0.341 e. The first-order chi connectivity index (χ1) is 21.3. The minimum atomic E-state index is -1.04. The van der Waals surface area contributed by atoms with E-state index in [2.05, 4.69) is 4.90 Å². The summed E-state index contributed by atoms with van der Waals surface area (Å²) in [5.74, 6) is -0.0865. The fraction of sp³-hybridized carbons (Fsp3) is 0.281. The van der Waals surface area contributed by atoms with E-state index in [1.165, 1.54) is 11.8 Å². The van der Waals surface area contributed by atoms with Gasteiger partial charge in [-0.15, -0.1) is 0 Å². The average molecular weight is 674 g/mol. The number of hydrogen-bond donors (Lipinski definition) is 1. The Morgan fingerprint density at radius 1 is 1.02 bits per heavy atom. The molecule has 2 aliphatic heterocycles. The van der Waals surface area contributed by atoms with E-state index >= 15 is 0 Å². The predicted molar refractivity (Wildman–Crippen MR) is 178 cm³/mol. The number of rotatable bonds is 12. The van der Waals surface area contributed by atoms with Crippen molar-refractivity contribution in [1.82, 2.24) is 9.80 Å². The molecule has 1 N–H and O–H groups in total. The second kappa shape index (κ2) is 15.2. The first-order valence-corrected chi connectivity index (χ1v) is 16.0. The summed E-state index contributed by atoms with van der Waals surface area (Å²) in [7, 11) is 0. The number of carbonyl (C=O) groups excluding carboxylic acids is 1. The van der Waals surface area contributed by atoms with Gasteiger partial charge in [-0.05, 0) is 60.0 Å². The lowest BCUT2D eigenvalue weighted by atomic mass is 10.0. The molecule has 3 aromatic carbocycles. The van der Waals surface area contributed by atoms with E-state index in [-0.39, 0.29) is 5.91 Å². The SMILES string of the molecule is O=C(O)COc1ccc(CCN2C(=O)C(=Cc3cc(-c4ccc(Cl)cc4Cl)ccc3OCCN3CCOCC3)SC2=S)cc1. The number of thiocarbonyl (C=S) groups is 1. The Balaban J connectivity index is 1.32. The van der Waals surface area contributed by atoms with Gasteiger partial charge in [0.2, 0.25) is 0 Å². The van der Waals surface area contributed by atoms with Gasteiger partial charge in [0, 0.05) is 47.4 Å². The molecule has 1 amide bonds. The average Bonchev–Trinajstić information content (AvgIpc) is 3.28. The Morgan fingerprint density at radius 2 is 1.80 bits per heavy atom. The number of amides is 1. The molecule has 0 unspecified atom stereocenters. The van der Waals surface area contributed by atoms with E-state index in [1.807, 2.05) is 42.5 Å². The molecule has 0 atom stereocenters. The molecular weight excluding hydrogens is 643 g/mol. The summed E-state index contributed by atoms with van der Waals surface area (Å²) in [4.78, 5) is 28.6. The highest BCUT2D eigenvalue weighted by atomic mass is 35.5. The van der Waals surface area contributed by atoms with Crippen LogP contribution in [0.5, 0.6) is 11.5 Å². The van der Waals surface area contributed by atoms with Gasteiger partial charge < -0.3 is 19.3 Å². The highest BCUT2D eigenvalue weighted by molar-refractivity contribution is 8.26. The summed E-state index contributed by atoms with van der Waals surface area (Å²) < 4.78 is 17.3. The maximum atomic E-state index is 13.5. The van der Waals surface area contributed by atoms with Crippen molar-refractivity contribution in [3.8, 4) is 22.6 Å². The zero-order valence-corrected chi connectivity index (χ0v) is 26.8. The first-order valence-electron chi connectivity index (χ1n) is 14.0. The van der Waals surface area contributed by atoms with Crippen LogP contribution in [0, 0.1) is 0 Å². The van der Waals surface area contributed by atoms with Gasteiger partial charge in [-0.25, -0.2) is 4.79 Å². The number of carbonyl (C=O) groups is 2. The van der Waals surface area contributed by atoms with Crippen molar-refractivity contribution >= 4 is 69.5 Å². The lowest BCUT2D eigenvalue weighted by Gasteiger charge is -2.26. The molecule has 5 rings (SSSR count). The number of ether oxygens (including phenoxy) is 3. The van der Waals surface area contributed by atoms with Crippen molar-refractivity contribution in [1.29, 1.82) is 0 Å². The van der Waals surface area contributed by atoms with E-state index in [9.17, 15) is 9.59 Å². The van der Waals surface area contributed by atoms with Crippen LogP contribution in [-0.4, -0.2) is 83.7 Å². The summed E-state index contributed by atoms with van der Waals surface area (Å²) in [6.45, 7) is 4.43. The lowest BCUT2D eigenvalue weighted by molar-refractivity contribution is -0.139. The third-order valence-electron chi connectivity index (χ3n) is 7.09. The third-order valence-corrected chi connectivity index (χ3v) is 9.02. The molecule has 0 saturated carbocycles. The normalized spacial score (nSPS) is 16.5. The van der Waals surface area contributed by atoms with Crippen molar-refractivity contribution in [3.05, 3.63) is 86.7 Å². The highest BCUT2D eigenvalue weighted by Crippen LogP contribution is 2.37. The Bertz CT molecular complexity index is 1560. The van der Waals surface area contributed by atoms with Crippen LogP contribution in [0.25, 0.3) is 17.2 Å². The number of carboxylic acid groups (broad SMARTS) is 1. The standard InChI is InChI=1S/C32H30Cl2N2O6S2/c33-24-4-7-26(27(34)19-24)22-3-8-28(41-16-13-35-11-14-40-15-12-35)23(17-22)18-29-31(39)36(32(43)44-29)10-9-21-1-5-25(6-2-21)42-20-30(37)38/h1-8,17-19H,9-16,20H2,(H,37,38). The summed E-state index contributed by atoms with van der Waals surface area (Å²) in [6.07, 6.45) is 2.39. The summed E-state index contributed by atoms with van der Waals surface area (Å²) in [6, 6.07) is 18.3. The van der Waals surface area contributed by atoms with Gasteiger partial charge >= 0.3 is 5.97 Å². The quantitative estimate of drug-likeness (QED) is 0.176. The molecule has 0 bridgehead atoms.